The molecule has 5 heteroatoms. The second-order valence-corrected chi connectivity index (χ2v) is 4.79. The molecule has 104 valence electrons. The number of nitrogens with one attached hydrogen (secondary N) is 2. The summed E-state index contributed by atoms with van der Waals surface area (Å²) in [5, 5.41) is 15.7. The number of carbonyl (C=O) groups is 1. The molecule has 0 spiro atoms. The van der Waals surface area contributed by atoms with Gasteiger partial charge < -0.3 is 15.7 Å². The zero-order chi connectivity index (χ0) is 13.7. The number of piperazine rings is 1. The summed E-state index contributed by atoms with van der Waals surface area (Å²) in [5.74, 6) is -0.0754. The molecule has 0 bridgehead atoms. The van der Waals surface area contributed by atoms with Gasteiger partial charge in [-0.15, -0.1) is 0 Å². The van der Waals surface area contributed by atoms with Crippen LogP contribution in [-0.2, 0) is 4.79 Å². The van der Waals surface area contributed by atoms with E-state index < -0.39 is 0 Å². The highest BCUT2D eigenvalue weighted by Crippen LogP contribution is 2.22. The maximum absolute atomic E-state index is 11.0. The molecule has 1 atom stereocenters. The van der Waals surface area contributed by atoms with E-state index in [-0.39, 0.29) is 18.6 Å². The van der Waals surface area contributed by atoms with Crippen molar-refractivity contribution in [2.45, 2.75) is 13.0 Å². The number of amides is 1. The zero-order valence-electron chi connectivity index (χ0n) is 11.2. The fraction of sp³-hybridized carbons (Fsp3) is 0.500. The van der Waals surface area contributed by atoms with Crippen molar-refractivity contribution in [3.8, 4) is 0 Å². The Balaban J connectivity index is 2.07. The van der Waals surface area contributed by atoms with Gasteiger partial charge in [-0.05, 0) is 17.7 Å². The summed E-state index contributed by atoms with van der Waals surface area (Å²) in [6.07, 6.45) is 0. The van der Waals surface area contributed by atoms with Crippen LogP contribution in [0.2, 0.25) is 0 Å². The fourth-order valence-corrected chi connectivity index (χ4v) is 2.42. The first-order valence-electron chi connectivity index (χ1n) is 6.64. The van der Waals surface area contributed by atoms with Gasteiger partial charge in [0.1, 0.15) is 0 Å². The number of aliphatic hydroxyl groups is 1. The predicted molar refractivity (Wildman–Crippen MR) is 75.0 cm³/mol. The normalized spacial score (nSPS) is 18.0. The molecule has 0 radical (unpaired) electrons. The molecule has 5 nitrogen and oxygen atoms in total. The summed E-state index contributed by atoms with van der Waals surface area (Å²) < 4.78 is 0. The Kier molecular flexibility index (Phi) is 4.90. The monoisotopic (exact) mass is 263 g/mol. The van der Waals surface area contributed by atoms with Crippen LogP contribution < -0.4 is 10.6 Å². The third-order valence-electron chi connectivity index (χ3n) is 3.38. The number of anilines is 1. The molecule has 0 saturated carbocycles. The van der Waals surface area contributed by atoms with E-state index >= 15 is 0 Å². The summed E-state index contributed by atoms with van der Waals surface area (Å²) in [6, 6.07) is 7.72. The average molecular weight is 263 g/mol. The van der Waals surface area contributed by atoms with Crippen molar-refractivity contribution in [1.29, 1.82) is 0 Å². The van der Waals surface area contributed by atoms with Gasteiger partial charge in [-0.1, -0.05) is 12.1 Å². The van der Waals surface area contributed by atoms with Crippen LogP contribution in [0.5, 0.6) is 0 Å². The maximum atomic E-state index is 11.0. The van der Waals surface area contributed by atoms with E-state index in [0.717, 1.165) is 37.4 Å². The topological polar surface area (TPSA) is 64.6 Å². The minimum atomic E-state index is -0.0754. The first-order valence-corrected chi connectivity index (χ1v) is 6.64. The summed E-state index contributed by atoms with van der Waals surface area (Å²) in [6.45, 7) is 5.41. The molecule has 1 aliphatic heterocycles. The number of aliphatic hydroxyl groups excluding tert-OH is 1. The highest BCUT2D eigenvalue weighted by Gasteiger charge is 2.21. The third kappa shape index (κ3) is 3.76. The minimum absolute atomic E-state index is 0.0356. The summed E-state index contributed by atoms with van der Waals surface area (Å²) >= 11 is 0. The Morgan fingerprint density at radius 2 is 2.00 bits per heavy atom. The largest absolute Gasteiger partial charge is 0.394 e. The molecule has 1 aromatic rings. The Morgan fingerprint density at radius 3 is 2.53 bits per heavy atom. The number of nitrogens with zero attached hydrogens (tertiary/aromatic N) is 1. The lowest BCUT2D eigenvalue weighted by Gasteiger charge is -2.34. The van der Waals surface area contributed by atoms with Crippen LogP contribution in [0.15, 0.2) is 24.3 Å². The van der Waals surface area contributed by atoms with Gasteiger partial charge in [0.25, 0.3) is 0 Å². The van der Waals surface area contributed by atoms with E-state index in [1.165, 1.54) is 6.92 Å². The van der Waals surface area contributed by atoms with Crippen molar-refractivity contribution >= 4 is 11.6 Å². The molecular formula is C14H21N3O2. The van der Waals surface area contributed by atoms with E-state index in [1.54, 1.807) is 0 Å². The average Bonchev–Trinajstić information content (AvgIpc) is 2.42. The third-order valence-corrected chi connectivity index (χ3v) is 3.38. The minimum Gasteiger partial charge on any atom is -0.394 e. The van der Waals surface area contributed by atoms with Crippen LogP contribution in [0.4, 0.5) is 5.69 Å². The molecule has 0 aromatic heterocycles. The van der Waals surface area contributed by atoms with E-state index in [1.807, 2.05) is 24.3 Å². The van der Waals surface area contributed by atoms with Crippen LogP contribution in [0.25, 0.3) is 0 Å². The molecular weight excluding hydrogens is 242 g/mol. The highest BCUT2D eigenvalue weighted by atomic mass is 16.3. The number of hydrogen-bond acceptors (Lipinski definition) is 4. The summed E-state index contributed by atoms with van der Waals surface area (Å²) in [7, 11) is 0. The Morgan fingerprint density at radius 1 is 1.37 bits per heavy atom. The molecule has 0 unspecified atom stereocenters. The van der Waals surface area contributed by atoms with Crippen molar-refractivity contribution in [3.05, 3.63) is 29.8 Å². The van der Waals surface area contributed by atoms with Gasteiger partial charge in [0, 0.05) is 38.8 Å². The van der Waals surface area contributed by atoms with E-state index in [4.69, 9.17) is 0 Å². The molecule has 0 aliphatic carbocycles. The van der Waals surface area contributed by atoms with Crippen LogP contribution in [0, 0.1) is 0 Å². The van der Waals surface area contributed by atoms with Crippen molar-refractivity contribution in [2.75, 3.05) is 38.1 Å². The van der Waals surface area contributed by atoms with Crippen molar-refractivity contribution in [1.82, 2.24) is 10.2 Å². The van der Waals surface area contributed by atoms with Crippen molar-refractivity contribution < 1.29 is 9.90 Å². The maximum Gasteiger partial charge on any atom is 0.221 e. The number of benzene rings is 1. The molecule has 2 rings (SSSR count). The Labute approximate surface area is 113 Å². The number of hydrogen-bond donors (Lipinski definition) is 3. The molecule has 1 fully saturated rings. The second kappa shape index (κ2) is 6.65. The lowest BCUT2D eigenvalue weighted by Crippen LogP contribution is -2.46. The van der Waals surface area contributed by atoms with Gasteiger partial charge >= 0.3 is 0 Å². The quantitative estimate of drug-likeness (QED) is 0.743. The SMILES string of the molecule is CC(=O)Nc1ccc([C@H](CO)N2CCNCC2)cc1. The summed E-state index contributed by atoms with van der Waals surface area (Å²) in [4.78, 5) is 13.3. The fourth-order valence-electron chi connectivity index (χ4n) is 2.42. The summed E-state index contributed by atoms with van der Waals surface area (Å²) in [5.41, 5.74) is 1.87. The highest BCUT2D eigenvalue weighted by molar-refractivity contribution is 5.88. The van der Waals surface area contributed by atoms with Crippen LogP contribution in [0.1, 0.15) is 18.5 Å². The standard InChI is InChI=1S/C14H21N3O2/c1-11(19)16-13-4-2-12(3-5-13)14(10-18)17-8-6-15-7-9-17/h2-5,14-15,18H,6-10H2,1H3,(H,16,19)/t14-/m0/s1. The Hall–Kier alpha value is -1.43. The first kappa shape index (κ1) is 14.0. The van der Waals surface area contributed by atoms with Gasteiger partial charge in [0.05, 0.1) is 12.6 Å². The second-order valence-electron chi connectivity index (χ2n) is 4.79. The Bertz CT molecular complexity index is 413. The van der Waals surface area contributed by atoms with E-state index in [2.05, 4.69) is 15.5 Å². The van der Waals surface area contributed by atoms with Crippen LogP contribution in [0.3, 0.4) is 0 Å². The van der Waals surface area contributed by atoms with Crippen molar-refractivity contribution in [3.63, 3.8) is 0 Å². The van der Waals surface area contributed by atoms with Crippen molar-refractivity contribution in [2.24, 2.45) is 0 Å². The number of carbonyl (C=O) groups excluding carboxylic acids is 1. The van der Waals surface area contributed by atoms with E-state index in [9.17, 15) is 9.90 Å². The molecule has 3 N–H and O–H groups in total. The van der Waals surface area contributed by atoms with Gasteiger partial charge in [-0.2, -0.15) is 0 Å². The van der Waals surface area contributed by atoms with Gasteiger partial charge in [-0.25, -0.2) is 0 Å². The lowest BCUT2D eigenvalue weighted by molar-refractivity contribution is -0.114. The van der Waals surface area contributed by atoms with Crippen LogP contribution in [-0.4, -0.2) is 48.7 Å². The zero-order valence-corrected chi connectivity index (χ0v) is 11.2. The molecule has 1 heterocycles. The van der Waals surface area contributed by atoms with Gasteiger partial charge in [0.2, 0.25) is 5.91 Å². The molecule has 1 aliphatic rings. The molecule has 1 amide bonds. The predicted octanol–water partition coefficient (Wildman–Crippen LogP) is 0.584. The molecule has 1 aromatic carbocycles. The molecule has 1 saturated heterocycles. The van der Waals surface area contributed by atoms with Crippen LogP contribution >= 0.6 is 0 Å². The van der Waals surface area contributed by atoms with Gasteiger partial charge in [0.15, 0.2) is 0 Å². The van der Waals surface area contributed by atoms with Gasteiger partial charge in [-0.3, -0.25) is 9.69 Å². The molecule has 19 heavy (non-hydrogen) atoms. The number of rotatable bonds is 4. The van der Waals surface area contributed by atoms with E-state index in [0.29, 0.717) is 0 Å². The first-order chi connectivity index (χ1) is 9.20. The smallest absolute Gasteiger partial charge is 0.221 e. The lowest BCUT2D eigenvalue weighted by atomic mass is 10.0.